The molecule has 1 aliphatic heterocycles. The van der Waals surface area contributed by atoms with Crippen molar-refractivity contribution >= 4 is 17.8 Å². The molecule has 0 spiro atoms. The van der Waals surface area contributed by atoms with Crippen molar-refractivity contribution in [1.82, 2.24) is 5.32 Å². The van der Waals surface area contributed by atoms with Gasteiger partial charge in [-0.3, -0.25) is 0 Å². The van der Waals surface area contributed by atoms with Gasteiger partial charge in [0.2, 0.25) is 0 Å². The molecular formula is C18H22F4N2S. The van der Waals surface area contributed by atoms with Crippen LogP contribution in [-0.4, -0.2) is 11.8 Å². The monoisotopic (exact) mass is 374 g/mol. The molecule has 1 saturated carbocycles. The molecule has 1 N–H and O–H groups in total. The molecule has 1 aromatic carbocycles. The van der Waals surface area contributed by atoms with Crippen molar-refractivity contribution < 1.29 is 17.1 Å². The zero-order chi connectivity index (χ0) is 18.2. The molecule has 3 rings (SSSR count). The zero-order valence-corrected chi connectivity index (χ0v) is 14.9. The largest absolute Gasteiger partial charge is 0.418 e. The Hall–Kier alpha value is -1.37. The van der Waals surface area contributed by atoms with Crippen molar-refractivity contribution in [3.63, 3.8) is 0 Å². The highest BCUT2D eigenvalue weighted by molar-refractivity contribution is 7.94. The van der Waals surface area contributed by atoms with E-state index in [1.165, 1.54) is 6.07 Å². The first-order valence-electron chi connectivity index (χ1n) is 8.49. The lowest BCUT2D eigenvalue weighted by atomic mass is 9.79. The van der Waals surface area contributed by atoms with Gasteiger partial charge in [0.1, 0.15) is 0 Å². The maximum Gasteiger partial charge on any atom is 0.418 e. The first-order chi connectivity index (χ1) is 11.8. The number of benzene rings is 1. The van der Waals surface area contributed by atoms with Crippen molar-refractivity contribution in [2.24, 2.45) is 5.92 Å². The Morgan fingerprint density at radius 3 is 2.64 bits per heavy atom. The summed E-state index contributed by atoms with van der Waals surface area (Å²) >= 11 is 0.220. The summed E-state index contributed by atoms with van der Waals surface area (Å²) in [5.74, 6) is 1.35. The van der Waals surface area contributed by atoms with Crippen LogP contribution in [0.15, 0.2) is 24.5 Å². The first-order valence-corrected chi connectivity index (χ1v) is 9.38. The Morgan fingerprint density at radius 2 is 2.04 bits per heavy atom. The van der Waals surface area contributed by atoms with Crippen LogP contribution in [0, 0.1) is 5.92 Å². The van der Waals surface area contributed by atoms with Gasteiger partial charge >= 0.3 is 6.18 Å². The maximum atomic E-state index is 13.8. The highest BCUT2D eigenvalue weighted by Crippen LogP contribution is 2.46. The van der Waals surface area contributed by atoms with E-state index in [1.54, 1.807) is 4.90 Å². The average molecular weight is 374 g/mol. The summed E-state index contributed by atoms with van der Waals surface area (Å²) in [6.07, 6.45) is -1.74. The van der Waals surface area contributed by atoms with E-state index in [2.05, 4.69) is 18.8 Å². The number of rotatable bonds is 5. The second-order valence-electron chi connectivity index (χ2n) is 6.97. The van der Waals surface area contributed by atoms with Crippen LogP contribution in [-0.2, 0) is 19.1 Å². The Balaban J connectivity index is 2.01. The summed E-state index contributed by atoms with van der Waals surface area (Å²) in [4.78, 5) is 1.74. The molecule has 1 aliphatic carbocycles. The van der Waals surface area contributed by atoms with Gasteiger partial charge in [0, 0.05) is 30.5 Å². The summed E-state index contributed by atoms with van der Waals surface area (Å²) in [6, 6.07) is 3.11. The maximum absolute atomic E-state index is 13.8. The summed E-state index contributed by atoms with van der Waals surface area (Å²) in [7, 11) is 0. The molecule has 0 amide bonds. The van der Waals surface area contributed by atoms with E-state index < -0.39 is 11.7 Å². The molecule has 25 heavy (non-hydrogen) atoms. The van der Waals surface area contributed by atoms with Crippen LogP contribution in [0.5, 0.6) is 0 Å². The van der Waals surface area contributed by atoms with Gasteiger partial charge in [0.15, 0.2) is 0 Å². The fourth-order valence-corrected chi connectivity index (χ4v) is 4.02. The van der Waals surface area contributed by atoms with Crippen molar-refractivity contribution in [2.75, 3.05) is 10.7 Å². The number of nitrogens with one attached hydrogen (secondary N) is 1. The minimum absolute atomic E-state index is 0.0592. The molecule has 7 heteroatoms. The number of alkyl halides is 3. The van der Waals surface area contributed by atoms with E-state index in [9.17, 15) is 17.1 Å². The molecule has 0 saturated heterocycles. The van der Waals surface area contributed by atoms with E-state index >= 15 is 0 Å². The normalized spacial score (nSPS) is 23.1. The highest BCUT2D eigenvalue weighted by Gasteiger charge is 2.42. The van der Waals surface area contributed by atoms with Gasteiger partial charge in [-0.1, -0.05) is 19.6 Å². The van der Waals surface area contributed by atoms with Gasteiger partial charge in [-0.2, -0.15) is 17.1 Å². The van der Waals surface area contributed by atoms with Gasteiger partial charge < -0.3 is 10.2 Å². The smallest absolute Gasteiger partial charge is 0.368 e. The molecule has 138 valence electrons. The Bertz CT molecular complexity index is 653. The SMILES string of the molecule is C=C1NCc2cc(CCCSF)cc(C(F)(F)F)c2N1C1CC(C)C1. The lowest BCUT2D eigenvalue weighted by molar-refractivity contribution is -0.137. The molecule has 1 fully saturated rings. The number of anilines is 1. The van der Waals surface area contributed by atoms with E-state index in [-0.39, 0.29) is 23.9 Å². The minimum Gasteiger partial charge on any atom is -0.368 e. The van der Waals surface area contributed by atoms with Crippen molar-refractivity contribution in [2.45, 2.75) is 51.4 Å². The second-order valence-corrected chi connectivity index (χ2v) is 7.59. The molecule has 0 aromatic heterocycles. The van der Waals surface area contributed by atoms with Crippen LogP contribution in [0.2, 0.25) is 0 Å². The molecule has 0 radical (unpaired) electrons. The van der Waals surface area contributed by atoms with Gasteiger partial charge in [0.05, 0.1) is 17.1 Å². The van der Waals surface area contributed by atoms with Gasteiger partial charge in [-0.25, -0.2) is 0 Å². The summed E-state index contributed by atoms with van der Waals surface area (Å²) < 4.78 is 53.5. The van der Waals surface area contributed by atoms with Crippen LogP contribution in [0.25, 0.3) is 0 Å². The molecule has 2 aliphatic rings. The average Bonchev–Trinajstić information content (AvgIpc) is 2.51. The Morgan fingerprint density at radius 1 is 1.32 bits per heavy atom. The van der Waals surface area contributed by atoms with Gasteiger partial charge in [0.25, 0.3) is 0 Å². The molecule has 1 aromatic rings. The lowest BCUT2D eigenvalue weighted by Crippen LogP contribution is -2.49. The van der Waals surface area contributed by atoms with Crippen molar-refractivity contribution in [3.05, 3.63) is 41.2 Å². The summed E-state index contributed by atoms with van der Waals surface area (Å²) in [5, 5.41) is 3.13. The van der Waals surface area contributed by atoms with Crippen LogP contribution in [0.4, 0.5) is 22.7 Å². The predicted molar refractivity (Wildman–Crippen MR) is 94.0 cm³/mol. The third-order valence-corrected chi connectivity index (χ3v) is 5.41. The van der Waals surface area contributed by atoms with Crippen LogP contribution in [0.3, 0.4) is 0 Å². The fraction of sp³-hybridized carbons (Fsp3) is 0.556. The van der Waals surface area contributed by atoms with Crippen molar-refractivity contribution in [1.29, 1.82) is 0 Å². The fourth-order valence-electron chi connectivity index (χ4n) is 3.76. The first kappa shape index (κ1) is 18.4. The number of hydrogen-bond acceptors (Lipinski definition) is 3. The third kappa shape index (κ3) is 3.76. The molecule has 0 bridgehead atoms. The zero-order valence-electron chi connectivity index (χ0n) is 14.1. The van der Waals surface area contributed by atoms with E-state index in [4.69, 9.17) is 0 Å². The Kier molecular flexibility index (Phi) is 5.23. The molecule has 0 atom stereocenters. The van der Waals surface area contributed by atoms with Crippen LogP contribution >= 0.6 is 12.1 Å². The Labute approximate surface area is 149 Å². The number of nitrogens with zero attached hydrogens (tertiary/aromatic N) is 1. The van der Waals surface area contributed by atoms with Crippen LogP contribution in [0.1, 0.15) is 42.9 Å². The quantitative estimate of drug-likeness (QED) is 0.546. The molecule has 2 nitrogen and oxygen atoms in total. The lowest BCUT2D eigenvalue weighted by Gasteiger charge is -2.47. The highest BCUT2D eigenvalue weighted by atomic mass is 32.2. The third-order valence-electron chi connectivity index (χ3n) is 4.97. The number of halogens is 4. The van der Waals surface area contributed by atoms with E-state index in [1.807, 2.05) is 6.07 Å². The molecule has 1 heterocycles. The van der Waals surface area contributed by atoms with Crippen molar-refractivity contribution in [3.8, 4) is 0 Å². The predicted octanol–water partition coefficient (Wildman–Crippen LogP) is 5.44. The second kappa shape index (κ2) is 7.09. The summed E-state index contributed by atoms with van der Waals surface area (Å²) in [5.41, 5.74) is 0.896. The number of aryl methyl sites for hydroxylation is 1. The number of fused-ring (bicyclic) bond motifs is 1. The molecule has 0 unspecified atom stereocenters. The topological polar surface area (TPSA) is 15.3 Å². The van der Waals surface area contributed by atoms with Gasteiger partial charge in [-0.05, 0) is 48.8 Å². The van der Waals surface area contributed by atoms with E-state index in [0.717, 1.165) is 12.8 Å². The van der Waals surface area contributed by atoms with Gasteiger partial charge in [-0.15, -0.1) is 0 Å². The van der Waals surface area contributed by atoms with E-state index in [0.29, 0.717) is 48.0 Å². The molecular weight excluding hydrogens is 352 g/mol. The standard InChI is InChI=1S/C18H22F4N2S/c1-11-6-15(7-11)24-12(2)23-10-14-8-13(4-3-5-25-22)9-16(17(14)24)18(19,20)21/h8-9,11,15,23H,2-7,10H2,1H3. The van der Waals surface area contributed by atoms with Crippen LogP contribution < -0.4 is 10.2 Å². The number of hydrogen-bond donors (Lipinski definition) is 1. The summed E-state index contributed by atoms with van der Waals surface area (Å²) in [6.45, 7) is 6.37. The minimum atomic E-state index is -4.43.